The molecule has 1 aliphatic heterocycles. The Hall–Kier alpha value is -0.790. The van der Waals surface area contributed by atoms with Crippen molar-refractivity contribution in [3.63, 3.8) is 0 Å². The van der Waals surface area contributed by atoms with Gasteiger partial charge in [0.25, 0.3) is 0 Å². The van der Waals surface area contributed by atoms with Gasteiger partial charge < -0.3 is 4.90 Å². The number of likely N-dealkylation sites (N-methyl/N-ethyl adjacent to an activating group) is 1. The van der Waals surface area contributed by atoms with Crippen LogP contribution in [0.25, 0.3) is 0 Å². The molecule has 0 spiro atoms. The Morgan fingerprint density at radius 3 is 2.70 bits per heavy atom. The van der Waals surface area contributed by atoms with Crippen molar-refractivity contribution in [2.24, 2.45) is 4.99 Å². The largest absolute Gasteiger partial charge is 0.371 e. The van der Waals surface area contributed by atoms with E-state index >= 15 is 0 Å². The second-order valence-electron chi connectivity index (χ2n) is 3.20. The Morgan fingerprint density at radius 2 is 2.30 bits per heavy atom. The molecule has 0 aliphatic carbocycles. The van der Waals surface area contributed by atoms with Crippen LogP contribution in [0.1, 0.15) is 13.8 Å². The van der Waals surface area contributed by atoms with Gasteiger partial charge in [-0.25, -0.2) is 0 Å². The molecule has 0 saturated heterocycles. The highest BCUT2D eigenvalue weighted by Crippen LogP contribution is 2.23. The zero-order valence-corrected chi connectivity index (χ0v) is 6.89. The van der Waals surface area contributed by atoms with E-state index in [1.54, 1.807) is 0 Å². The zero-order valence-electron chi connectivity index (χ0n) is 6.89. The van der Waals surface area contributed by atoms with Crippen LogP contribution < -0.4 is 0 Å². The van der Waals surface area contributed by atoms with E-state index in [2.05, 4.69) is 30.3 Å². The molecule has 0 aromatic rings. The van der Waals surface area contributed by atoms with Crippen molar-refractivity contribution in [3.05, 3.63) is 12.3 Å². The first kappa shape index (κ1) is 7.32. The topological polar surface area (TPSA) is 15.6 Å². The quantitative estimate of drug-likeness (QED) is 0.492. The van der Waals surface area contributed by atoms with E-state index in [9.17, 15) is 0 Å². The molecule has 0 unspecified atom stereocenters. The predicted octanol–water partition coefficient (Wildman–Crippen LogP) is 1.29. The highest BCUT2D eigenvalue weighted by Gasteiger charge is 2.25. The van der Waals surface area contributed by atoms with Crippen LogP contribution in [0.3, 0.4) is 0 Å². The van der Waals surface area contributed by atoms with Crippen LogP contribution in [0.5, 0.6) is 0 Å². The Labute approximate surface area is 62.3 Å². The number of nitrogens with zero attached hydrogens (tertiary/aromatic N) is 2. The van der Waals surface area contributed by atoms with Gasteiger partial charge in [-0.15, -0.1) is 0 Å². The SMILES string of the molecule is C=C1N(C)CC=NC1(C)C. The summed E-state index contributed by atoms with van der Waals surface area (Å²) in [5, 5.41) is 0. The summed E-state index contributed by atoms with van der Waals surface area (Å²) in [5.41, 5.74) is 1.00. The molecule has 10 heavy (non-hydrogen) atoms. The molecule has 56 valence electrons. The standard InChI is InChI=1S/C8H14N2/c1-7-8(2,3)9-5-6-10(7)4/h5H,1,6H2,2-4H3. The average molecular weight is 138 g/mol. The number of rotatable bonds is 0. The third-order valence-corrected chi connectivity index (χ3v) is 1.94. The van der Waals surface area contributed by atoms with Crippen LogP contribution >= 0.6 is 0 Å². The lowest BCUT2D eigenvalue weighted by molar-refractivity contribution is 0.375. The van der Waals surface area contributed by atoms with Crippen LogP contribution in [-0.4, -0.2) is 30.2 Å². The lowest BCUT2D eigenvalue weighted by atomic mass is 10.0. The Kier molecular flexibility index (Phi) is 1.55. The van der Waals surface area contributed by atoms with Gasteiger partial charge in [-0.3, -0.25) is 4.99 Å². The predicted molar refractivity (Wildman–Crippen MR) is 44.3 cm³/mol. The highest BCUT2D eigenvalue weighted by atomic mass is 15.2. The van der Waals surface area contributed by atoms with Crippen LogP contribution in [0.15, 0.2) is 17.3 Å². The zero-order chi connectivity index (χ0) is 7.78. The van der Waals surface area contributed by atoms with Crippen LogP contribution in [0.4, 0.5) is 0 Å². The summed E-state index contributed by atoms with van der Waals surface area (Å²) in [6, 6.07) is 0. The maximum atomic E-state index is 4.33. The van der Waals surface area contributed by atoms with E-state index < -0.39 is 0 Å². The molecule has 0 saturated carbocycles. The summed E-state index contributed by atoms with van der Waals surface area (Å²) in [5.74, 6) is 0. The first-order valence-corrected chi connectivity index (χ1v) is 3.48. The van der Waals surface area contributed by atoms with Gasteiger partial charge in [-0.1, -0.05) is 6.58 Å². The summed E-state index contributed by atoms with van der Waals surface area (Å²) in [6.45, 7) is 8.99. The van der Waals surface area contributed by atoms with E-state index in [-0.39, 0.29) is 5.54 Å². The number of hydrogen-bond donors (Lipinski definition) is 0. The molecule has 1 rings (SSSR count). The number of hydrogen-bond acceptors (Lipinski definition) is 2. The minimum Gasteiger partial charge on any atom is -0.371 e. The first-order chi connectivity index (χ1) is 4.54. The van der Waals surface area contributed by atoms with Gasteiger partial charge in [-0.05, 0) is 13.8 Å². The highest BCUT2D eigenvalue weighted by molar-refractivity contribution is 5.63. The molecule has 1 aliphatic rings. The maximum absolute atomic E-state index is 4.33. The minimum absolute atomic E-state index is 0.0903. The van der Waals surface area contributed by atoms with Crippen LogP contribution in [0.2, 0.25) is 0 Å². The third kappa shape index (κ3) is 1.06. The molecule has 0 aromatic carbocycles. The van der Waals surface area contributed by atoms with Crippen LogP contribution in [-0.2, 0) is 0 Å². The Bertz CT molecular complexity index is 180. The maximum Gasteiger partial charge on any atom is 0.0937 e. The molecule has 0 fully saturated rings. The van der Waals surface area contributed by atoms with Crippen molar-refractivity contribution in [2.75, 3.05) is 13.6 Å². The van der Waals surface area contributed by atoms with E-state index in [1.807, 2.05) is 13.3 Å². The van der Waals surface area contributed by atoms with E-state index in [4.69, 9.17) is 0 Å². The average Bonchev–Trinajstić information content (AvgIpc) is 1.83. The lowest BCUT2D eigenvalue weighted by Crippen LogP contribution is -2.37. The van der Waals surface area contributed by atoms with Crippen molar-refractivity contribution in [3.8, 4) is 0 Å². The van der Waals surface area contributed by atoms with Crippen molar-refractivity contribution in [1.82, 2.24) is 4.90 Å². The Morgan fingerprint density at radius 1 is 1.70 bits per heavy atom. The molecule has 2 heteroatoms. The van der Waals surface area contributed by atoms with Crippen molar-refractivity contribution in [2.45, 2.75) is 19.4 Å². The molecule has 0 bridgehead atoms. The fraction of sp³-hybridized carbons (Fsp3) is 0.625. The third-order valence-electron chi connectivity index (χ3n) is 1.94. The minimum atomic E-state index is -0.0903. The molecular weight excluding hydrogens is 124 g/mol. The summed E-state index contributed by atoms with van der Waals surface area (Å²) in [6.07, 6.45) is 1.94. The van der Waals surface area contributed by atoms with Gasteiger partial charge in [0, 0.05) is 19.0 Å². The fourth-order valence-corrected chi connectivity index (χ4v) is 1.04. The normalized spacial score (nSPS) is 23.5. The van der Waals surface area contributed by atoms with Crippen molar-refractivity contribution in [1.29, 1.82) is 0 Å². The molecular formula is C8H14N2. The van der Waals surface area contributed by atoms with E-state index in [0.29, 0.717) is 0 Å². The van der Waals surface area contributed by atoms with E-state index in [0.717, 1.165) is 12.2 Å². The number of aliphatic imine (C=N–C) groups is 1. The monoisotopic (exact) mass is 138 g/mol. The van der Waals surface area contributed by atoms with Gasteiger partial charge in [0.05, 0.1) is 12.1 Å². The molecule has 1 heterocycles. The summed E-state index contributed by atoms with van der Waals surface area (Å²) in [7, 11) is 2.04. The summed E-state index contributed by atoms with van der Waals surface area (Å²) >= 11 is 0. The van der Waals surface area contributed by atoms with Gasteiger partial charge in [-0.2, -0.15) is 0 Å². The molecule has 0 radical (unpaired) electrons. The van der Waals surface area contributed by atoms with Gasteiger partial charge >= 0.3 is 0 Å². The van der Waals surface area contributed by atoms with Gasteiger partial charge in [0.2, 0.25) is 0 Å². The second kappa shape index (κ2) is 2.11. The van der Waals surface area contributed by atoms with Crippen molar-refractivity contribution < 1.29 is 0 Å². The molecule has 0 aromatic heterocycles. The van der Waals surface area contributed by atoms with Gasteiger partial charge in [0.1, 0.15) is 0 Å². The molecule has 0 amide bonds. The summed E-state index contributed by atoms with van der Waals surface area (Å²) in [4.78, 5) is 6.45. The summed E-state index contributed by atoms with van der Waals surface area (Å²) < 4.78 is 0. The van der Waals surface area contributed by atoms with Gasteiger partial charge in [0.15, 0.2) is 0 Å². The smallest absolute Gasteiger partial charge is 0.0937 e. The van der Waals surface area contributed by atoms with Crippen LogP contribution in [0, 0.1) is 0 Å². The first-order valence-electron chi connectivity index (χ1n) is 3.48. The molecule has 0 atom stereocenters. The van der Waals surface area contributed by atoms with E-state index in [1.165, 1.54) is 0 Å². The van der Waals surface area contributed by atoms with Crippen molar-refractivity contribution >= 4 is 6.21 Å². The molecule has 0 N–H and O–H groups in total. The Balaban J connectivity index is 2.87. The fourth-order valence-electron chi connectivity index (χ4n) is 1.04. The molecule has 2 nitrogen and oxygen atoms in total. The second-order valence-corrected chi connectivity index (χ2v) is 3.20. The lowest BCUT2D eigenvalue weighted by Gasteiger charge is -2.34.